The predicted molar refractivity (Wildman–Crippen MR) is 130 cm³/mol. The lowest BCUT2D eigenvalue weighted by Crippen LogP contribution is -2.03. The topological polar surface area (TPSA) is 73.4 Å². The number of rotatable bonds is 7. The Morgan fingerprint density at radius 2 is 1.74 bits per heavy atom. The average Bonchev–Trinajstić information content (AvgIpc) is 2.83. The van der Waals surface area contributed by atoms with Gasteiger partial charge in [-0.15, -0.1) is 0 Å². The van der Waals surface area contributed by atoms with Crippen molar-refractivity contribution < 1.29 is 4.74 Å². The summed E-state index contributed by atoms with van der Waals surface area (Å²) in [4.78, 5) is 8.73. The molecule has 4 aromatic rings. The van der Waals surface area contributed by atoms with Gasteiger partial charge in [-0.2, -0.15) is 0 Å². The van der Waals surface area contributed by atoms with E-state index < -0.39 is 0 Å². The molecule has 0 unspecified atom stereocenters. The van der Waals surface area contributed by atoms with Gasteiger partial charge in [-0.3, -0.25) is 4.98 Å². The van der Waals surface area contributed by atoms with Crippen LogP contribution in [0.25, 0.3) is 22.2 Å². The van der Waals surface area contributed by atoms with Gasteiger partial charge in [-0.25, -0.2) is 9.38 Å². The molecule has 2 aromatic carbocycles. The molecule has 31 heavy (non-hydrogen) atoms. The first kappa shape index (κ1) is 20.6. The van der Waals surface area contributed by atoms with Crippen molar-refractivity contribution in [3.8, 4) is 5.75 Å². The summed E-state index contributed by atoms with van der Waals surface area (Å²) >= 11 is 1.38. The number of fused-ring (bicyclic) bond motifs is 1. The lowest BCUT2D eigenvalue weighted by Gasteiger charge is -2.11. The summed E-state index contributed by atoms with van der Waals surface area (Å²) in [5.74, 6) is 0.759. The van der Waals surface area contributed by atoms with E-state index in [1.54, 1.807) is 18.6 Å². The normalized spacial score (nSPS) is 12.2. The average molecular weight is 427 g/mol. The molecule has 0 atom stereocenters. The van der Waals surface area contributed by atoms with Crippen LogP contribution in [0.3, 0.4) is 0 Å². The Morgan fingerprint density at radius 1 is 0.968 bits per heavy atom. The Balaban J connectivity index is 1.52. The van der Waals surface area contributed by atoms with Gasteiger partial charge >= 0.3 is 0 Å². The molecule has 2 heterocycles. The molecule has 0 saturated heterocycles. The summed E-state index contributed by atoms with van der Waals surface area (Å²) in [6, 6.07) is 23.7. The molecule has 0 fully saturated rings. The quantitative estimate of drug-likeness (QED) is 0.317. The van der Waals surface area contributed by atoms with Gasteiger partial charge in [0.25, 0.3) is 0 Å². The van der Waals surface area contributed by atoms with Crippen LogP contribution >= 0.6 is 11.9 Å². The van der Waals surface area contributed by atoms with E-state index in [9.17, 15) is 0 Å². The molecule has 4 rings (SSSR count). The molecule has 2 N–H and O–H groups in total. The van der Waals surface area contributed by atoms with E-state index in [0.717, 1.165) is 39.0 Å². The molecule has 2 aromatic heterocycles. The second-order valence-corrected chi connectivity index (χ2v) is 7.36. The fourth-order valence-electron chi connectivity index (χ4n) is 3.17. The number of benzene rings is 2. The Bertz CT molecular complexity index is 1220. The van der Waals surface area contributed by atoms with Crippen LogP contribution in [0.4, 0.5) is 0 Å². The number of pyridine rings is 2. The molecule has 154 valence electrons. The molecule has 0 amide bonds. The maximum absolute atomic E-state index is 6.49. The van der Waals surface area contributed by atoms with Gasteiger partial charge in [-0.05, 0) is 71.6 Å². The highest BCUT2D eigenvalue weighted by Gasteiger charge is 2.08. The summed E-state index contributed by atoms with van der Waals surface area (Å²) in [6.07, 6.45) is 7.18. The van der Waals surface area contributed by atoms with Crippen LogP contribution in [0.15, 0.2) is 89.6 Å². The van der Waals surface area contributed by atoms with Crippen LogP contribution in [0.2, 0.25) is 0 Å². The van der Waals surface area contributed by atoms with Gasteiger partial charge in [0.15, 0.2) is 0 Å². The molecular weight excluding hydrogens is 404 g/mol. The Labute approximate surface area is 185 Å². The van der Waals surface area contributed by atoms with Gasteiger partial charge in [0.05, 0.1) is 11.2 Å². The molecule has 0 aliphatic rings. The Hall–Kier alpha value is -3.64. The van der Waals surface area contributed by atoms with Crippen molar-refractivity contribution in [2.75, 3.05) is 6.26 Å². The smallest absolute Gasteiger partial charge is 0.130 e. The SMILES string of the molecule is CS/N=C/C(=C(\N)c1ccc(OCc2ccc3ccccc3n2)cc1)c1ccncc1. The van der Waals surface area contributed by atoms with E-state index in [1.807, 2.05) is 73.0 Å². The first-order chi connectivity index (χ1) is 15.2. The van der Waals surface area contributed by atoms with Crippen LogP contribution in [0, 0.1) is 0 Å². The fourth-order valence-corrected chi connectivity index (χ4v) is 3.38. The van der Waals surface area contributed by atoms with E-state index >= 15 is 0 Å². The maximum Gasteiger partial charge on any atom is 0.130 e. The lowest BCUT2D eigenvalue weighted by molar-refractivity contribution is 0.302. The molecule has 0 aliphatic carbocycles. The van der Waals surface area contributed by atoms with Crippen LogP contribution in [0.5, 0.6) is 5.75 Å². The van der Waals surface area contributed by atoms with E-state index in [0.29, 0.717) is 12.3 Å². The first-order valence-corrected chi connectivity index (χ1v) is 11.0. The lowest BCUT2D eigenvalue weighted by atomic mass is 10.0. The minimum atomic E-state index is 0.401. The van der Waals surface area contributed by atoms with Crippen molar-refractivity contribution in [2.24, 2.45) is 10.1 Å². The van der Waals surface area contributed by atoms with Crippen LogP contribution < -0.4 is 10.5 Å². The third-order valence-corrected chi connectivity index (χ3v) is 5.09. The monoisotopic (exact) mass is 426 g/mol. The van der Waals surface area contributed by atoms with Crippen LogP contribution in [-0.4, -0.2) is 22.4 Å². The Morgan fingerprint density at radius 3 is 2.52 bits per heavy atom. The fraction of sp³-hybridized carbons (Fsp3) is 0.0800. The predicted octanol–water partition coefficient (Wildman–Crippen LogP) is 5.38. The molecule has 0 saturated carbocycles. The van der Waals surface area contributed by atoms with E-state index in [1.165, 1.54) is 11.9 Å². The third kappa shape index (κ3) is 5.10. The summed E-state index contributed by atoms with van der Waals surface area (Å²) in [6.45, 7) is 0.401. The first-order valence-electron chi connectivity index (χ1n) is 9.79. The zero-order valence-corrected chi connectivity index (χ0v) is 17.9. The molecule has 0 spiro atoms. The largest absolute Gasteiger partial charge is 0.487 e. The molecule has 0 radical (unpaired) electrons. The van der Waals surface area contributed by atoms with Gasteiger partial charge in [0, 0.05) is 41.5 Å². The standard InChI is InChI=1S/C25H22N4OS/c1-31-28-16-23(18-12-14-27-15-13-18)25(26)20-7-10-22(11-8-20)30-17-21-9-6-19-4-2-3-5-24(19)29-21/h2-16H,17,26H2,1H3/b25-23+,28-16+. The minimum Gasteiger partial charge on any atom is -0.487 e. The highest BCUT2D eigenvalue weighted by molar-refractivity contribution is 7.97. The second-order valence-electron chi connectivity index (χ2n) is 6.79. The van der Waals surface area contributed by atoms with E-state index in [2.05, 4.69) is 20.4 Å². The van der Waals surface area contributed by atoms with Crippen molar-refractivity contribution in [3.05, 3.63) is 102 Å². The molecule has 0 aliphatic heterocycles. The zero-order chi connectivity index (χ0) is 21.5. The van der Waals surface area contributed by atoms with Gasteiger partial charge in [-0.1, -0.05) is 24.3 Å². The van der Waals surface area contributed by atoms with Crippen molar-refractivity contribution in [2.45, 2.75) is 6.61 Å². The van der Waals surface area contributed by atoms with Gasteiger partial charge < -0.3 is 10.5 Å². The summed E-state index contributed by atoms with van der Waals surface area (Å²) in [5, 5.41) is 1.12. The number of allylic oxidation sites excluding steroid dienone is 1. The molecule has 5 nitrogen and oxygen atoms in total. The number of hydrogen-bond donors (Lipinski definition) is 1. The van der Waals surface area contributed by atoms with E-state index in [4.69, 9.17) is 10.5 Å². The number of ether oxygens (including phenoxy) is 1. The summed E-state index contributed by atoms with van der Waals surface area (Å²) < 4.78 is 10.2. The zero-order valence-electron chi connectivity index (χ0n) is 17.1. The summed E-state index contributed by atoms with van der Waals surface area (Å²) in [5.41, 5.74) is 11.7. The Kier molecular flexibility index (Phi) is 6.59. The van der Waals surface area contributed by atoms with Crippen molar-refractivity contribution in [3.63, 3.8) is 0 Å². The van der Waals surface area contributed by atoms with Crippen molar-refractivity contribution in [1.29, 1.82) is 0 Å². The molecule has 0 bridgehead atoms. The molecular formula is C25H22N4OS. The van der Waals surface area contributed by atoms with Crippen molar-refractivity contribution in [1.82, 2.24) is 9.97 Å². The highest BCUT2D eigenvalue weighted by atomic mass is 32.2. The number of para-hydroxylation sites is 1. The number of aromatic nitrogens is 2. The van der Waals surface area contributed by atoms with Gasteiger partial charge in [0.2, 0.25) is 0 Å². The number of nitrogens with two attached hydrogens (primary N) is 1. The second kappa shape index (κ2) is 9.91. The molecule has 6 heteroatoms. The minimum absolute atomic E-state index is 0.401. The van der Waals surface area contributed by atoms with Gasteiger partial charge in [0.1, 0.15) is 12.4 Å². The van der Waals surface area contributed by atoms with Crippen LogP contribution in [0.1, 0.15) is 16.8 Å². The van der Waals surface area contributed by atoms with Crippen molar-refractivity contribution >= 4 is 40.3 Å². The third-order valence-electron chi connectivity index (χ3n) is 4.78. The summed E-state index contributed by atoms with van der Waals surface area (Å²) in [7, 11) is 0. The highest BCUT2D eigenvalue weighted by Crippen LogP contribution is 2.24. The number of nitrogens with zero attached hydrogens (tertiary/aromatic N) is 3. The van der Waals surface area contributed by atoms with Crippen LogP contribution in [-0.2, 0) is 6.61 Å². The van der Waals surface area contributed by atoms with E-state index in [-0.39, 0.29) is 0 Å². The number of hydrogen-bond acceptors (Lipinski definition) is 6. The maximum atomic E-state index is 6.49.